The number of hydrogen-bond acceptors (Lipinski definition) is 3. The first-order chi connectivity index (χ1) is 12.0. The molecule has 2 aromatic carbocycles. The van der Waals surface area contributed by atoms with Crippen molar-refractivity contribution in [3.63, 3.8) is 0 Å². The maximum Gasteiger partial charge on any atom is 0.255 e. The molecule has 1 fully saturated rings. The summed E-state index contributed by atoms with van der Waals surface area (Å²) in [6.07, 6.45) is 0. The third-order valence-corrected chi connectivity index (χ3v) is 4.61. The largest absolute Gasteiger partial charge is 0.378 e. The van der Waals surface area contributed by atoms with Crippen molar-refractivity contribution in [2.75, 3.05) is 31.6 Å². The lowest BCUT2D eigenvalue weighted by molar-refractivity contribution is 0.0303. The van der Waals surface area contributed by atoms with E-state index in [1.807, 2.05) is 0 Å². The standard InChI is InChI=1S/C18H16Cl2N2O3/c19-15-6-3-13(11-16(15)20)17(23)21-14-4-1-12(2-5-14)18(24)22-7-9-25-10-8-22/h1-6,11H,7-10H2,(H,21,23). The minimum atomic E-state index is -0.300. The second-order valence-corrected chi connectivity index (χ2v) is 6.38. The van der Waals surface area contributed by atoms with Gasteiger partial charge in [-0.2, -0.15) is 0 Å². The molecule has 5 nitrogen and oxygen atoms in total. The molecule has 1 saturated heterocycles. The van der Waals surface area contributed by atoms with Crippen LogP contribution in [0.25, 0.3) is 0 Å². The summed E-state index contributed by atoms with van der Waals surface area (Å²) in [7, 11) is 0. The lowest BCUT2D eigenvalue weighted by Crippen LogP contribution is -2.40. The molecule has 0 saturated carbocycles. The van der Waals surface area contributed by atoms with Crippen molar-refractivity contribution in [1.82, 2.24) is 4.90 Å². The van der Waals surface area contributed by atoms with E-state index >= 15 is 0 Å². The Morgan fingerprint density at radius 1 is 0.920 bits per heavy atom. The summed E-state index contributed by atoms with van der Waals surface area (Å²) in [6, 6.07) is 11.5. The molecule has 130 valence electrons. The number of hydrogen-bond donors (Lipinski definition) is 1. The highest BCUT2D eigenvalue weighted by molar-refractivity contribution is 6.42. The fraction of sp³-hybridized carbons (Fsp3) is 0.222. The van der Waals surface area contributed by atoms with Crippen LogP contribution in [0.15, 0.2) is 42.5 Å². The molecular weight excluding hydrogens is 363 g/mol. The summed E-state index contributed by atoms with van der Waals surface area (Å²) >= 11 is 11.8. The first-order valence-corrected chi connectivity index (χ1v) is 8.53. The van der Waals surface area contributed by atoms with Crippen molar-refractivity contribution in [3.8, 4) is 0 Å². The van der Waals surface area contributed by atoms with Gasteiger partial charge in [-0.05, 0) is 42.5 Å². The van der Waals surface area contributed by atoms with Gasteiger partial charge in [0.2, 0.25) is 0 Å². The van der Waals surface area contributed by atoms with Gasteiger partial charge in [-0.15, -0.1) is 0 Å². The van der Waals surface area contributed by atoms with Crippen LogP contribution in [-0.2, 0) is 4.74 Å². The number of ether oxygens (including phenoxy) is 1. The van der Waals surface area contributed by atoms with E-state index in [0.29, 0.717) is 53.2 Å². The SMILES string of the molecule is O=C(Nc1ccc(C(=O)N2CCOCC2)cc1)c1ccc(Cl)c(Cl)c1. The molecule has 1 heterocycles. The van der Waals surface area contributed by atoms with E-state index in [-0.39, 0.29) is 11.8 Å². The Hall–Kier alpha value is -2.08. The van der Waals surface area contributed by atoms with E-state index < -0.39 is 0 Å². The summed E-state index contributed by atoms with van der Waals surface area (Å²) in [6.45, 7) is 2.30. The molecule has 2 amide bonds. The average molecular weight is 379 g/mol. The number of halogens is 2. The quantitative estimate of drug-likeness (QED) is 0.885. The zero-order chi connectivity index (χ0) is 17.8. The Balaban J connectivity index is 1.66. The smallest absolute Gasteiger partial charge is 0.255 e. The van der Waals surface area contributed by atoms with Crippen molar-refractivity contribution >= 4 is 40.7 Å². The Labute approximate surface area is 155 Å². The van der Waals surface area contributed by atoms with Crippen LogP contribution in [-0.4, -0.2) is 43.0 Å². The zero-order valence-corrected chi connectivity index (χ0v) is 14.8. The number of carbonyl (C=O) groups is 2. The molecule has 7 heteroatoms. The number of carbonyl (C=O) groups excluding carboxylic acids is 2. The van der Waals surface area contributed by atoms with Gasteiger partial charge in [-0.1, -0.05) is 23.2 Å². The van der Waals surface area contributed by atoms with Gasteiger partial charge in [0.25, 0.3) is 11.8 Å². The molecule has 2 aromatic rings. The Kier molecular flexibility index (Phi) is 5.58. The maximum atomic E-state index is 12.4. The molecule has 25 heavy (non-hydrogen) atoms. The lowest BCUT2D eigenvalue weighted by Gasteiger charge is -2.26. The minimum absolute atomic E-state index is 0.0364. The topological polar surface area (TPSA) is 58.6 Å². The molecule has 1 N–H and O–H groups in total. The number of rotatable bonds is 3. The van der Waals surface area contributed by atoms with Crippen LogP contribution in [0.2, 0.25) is 10.0 Å². The zero-order valence-electron chi connectivity index (χ0n) is 13.3. The number of amides is 2. The van der Waals surface area contributed by atoms with Crippen LogP contribution < -0.4 is 5.32 Å². The van der Waals surface area contributed by atoms with Crippen molar-refractivity contribution in [1.29, 1.82) is 0 Å². The second kappa shape index (κ2) is 7.87. The number of morpholine rings is 1. The maximum absolute atomic E-state index is 12.4. The molecule has 0 atom stereocenters. The monoisotopic (exact) mass is 378 g/mol. The van der Waals surface area contributed by atoms with Crippen molar-refractivity contribution in [2.45, 2.75) is 0 Å². The molecule has 0 aromatic heterocycles. The summed E-state index contributed by atoms with van der Waals surface area (Å²) in [5, 5.41) is 3.48. The summed E-state index contributed by atoms with van der Waals surface area (Å²) in [5.41, 5.74) is 1.58. The van der Waals surface area contributed by atoms with Crippen LogP contribution in [0.3, 0.4) is 0 Å². The van der Waals surface area contributed by atoms with E-state index in [1.54, 1.807) is 41.3 Å². The van der Waals surface area contributed by atoms with Gasteiger partial charge in [0.15, 0.2) is 0 Å². The van der Waals surface area contributed by atoms with Crippen LogP contribution >= 0.6 is 23.2 Å². The summed E-state index contributed by atoms with van der Waals surface area (Å²) in [4.78, 5) is 26.4. The Morgan fingerprint density at radius 3 is 2.20 bits per heavy atom. The van der Waals surface area contributed by atoms with E-state index in [0.717, 1.165) is 0 Å². The molecular formula is C18H16Cl2N2O3. The molecule has 0 unspecified atom stereocenters. The van der Waals surface area contributed by atoms with Crippen molar-refractivity contribution < 1.29 is 14.3 Å². The van der Waals surface area contributed by atoms with Gasteiger partial charge >= 0.3 is 0 Å². The van der Waals surface area contributed by atoms with Crippen molar-refractivity contribution in [3.05, 3.63) is 63.6 Å². The van der Waals surface area contributed by atoms with Crippen LogP contribution in [0.5, 0.6) is 0 Å². The molecule has 0 aliphatic carbocycles. The minimum Gasteiger partial charge on any atom is -0.378 e. The molecule has 1 aliphatic heterocycles. The van der Waals surface area contributed by atoms with Gasteiger partial charge in [0, 0.05) is 29.9 Å². The average Bonchev–Trinajstić information content (AvgIpc) is 2.64. The van der Waals surface area contributed by atoms with E-state index in [9.17, 15) is 9.59 Å². The van der Waals surface area contributed by atoms with Crippen molar-refractivity contribution in [2.24, 2.45) is 0 Å². The number of anilines is 1. The van der Waals surface area contributed by atoms with E-state index in [1.165, 1.54) is 6.07 Å². The molecule has 1 aliphatic rings. The number of nitrogens with one attached hydrogen (secondary N) is 1. The number of benzene rings is 2. The molecule has 0 spiro atoms. The third-order valence-electron chi connectivity index (χ3n) is 3.87. The first-order valence-electron chi connectivity index (χ1n) is 7.78. The molecule has 3 rings (SSSR count). The van der Waals surface area contributed by atoms with Gasteiger partial charge in [0.1, 0.15) is 0 Å². The Bertz CT molecular complexity index is 787. The van der Waals surface area contributed by atoms with Crippen LogP contribution in [0, 0.1) is 0 Å². The summed E-state index contributed by atoms with van der Waals surface area (Å²) in [5.74, 6) is -0.337. The first kappa shape index (κ1) is 17.7. The molecule has 0 radical (unpaired) electrons. The highest BCUT2D eigenvalue weighted by Gasteiger charge is 2.18. The highest BCUT2D eigenvalue weighted by atomic mass is 35.5. The van der Waals surface area contributed by atoms with Gasteiger partial charge in [0.05, 0.1) is 23.3 Å². The molecule has 0 bridgehead atoms. The lowest BCUT2D eigenvalue weighted by atomic mass is 10.1. The van der Waals surface area contributed by atoms with Crippen LogP contribution in [0.4, 0.5) is 5.69 Å². The predicted molar refractivity (Wildman–Crippen MR) is 97.6 cm³/mol. The van der Waals surface area contributed by atoms with Crippen LogP contribution in [0.1, 0.15) is 20.7 Å². The Morgan fingerprint density at radius 2 is 1.56 bits per heavy atom. The normalized spacial score (nSPS) is 14.2. The van der Waals surface area contributed by atoms with Gasteiger partial charge in [-0.3, -0.25) is 9.59 Å². The fourth-order valence-corrected chi connectivity index (χ4v) is 2.78. The van der Waals surface area contributed by atoms with Gasteiger partial charge in [-0.25, -0.2) is 0 Å². The van der Waals surface area contributed by atoms with Gasteiger partial charge < -0.3 is 15.0 Å². The predicted octanol–water partition coefficient (Wildman–Crippen LogP) is 3.72. The number of nitrogens with zero attached hydrogens (tertiary/aromatic N) is 1. The van der Waals surface area contributed by atoms with E-state index in [2.05, 4.69) is 5.32 Å². The summed E-state index contributed by atoms with van der Waals surface area (Å²) < 4.78 is 5.25. The highest BCUT2D eigenvalue weighted by Crippen LogP contribution is 2.23. The third kappa shape index (κ3) is 4.31. The second-order valence-electron chi connectivity index (χ2n) is 5.56. The van der Waals surface area contributed by atoms with E-state index in [4.69, 9.17) is 27.9 Å². The fourth-order valence-electron chi connectivity index (χ4n) is 2.49.